The molecule has 0 aromatic carbocycles. The van der Waals surface area contributed by atoms with Gasteiger partial charge in [0, 0.05) is 6.04 Å². The van der Waals surface area contributed by atoms with Gasteiger partial charge in [0.15, 0.2) is 3.95 Å². The Morgan fingerprint density at radius 1 is 1.82 bits per heavy atom. The maximum Gasteiger partial charge on any atom is 0.204 e. The van der Waals surface area contributed by atoms with Crippen molar-refractivity contribution in [2.75, 3.05) is 5.32 Å². The van der Waals surface area contributed by atoms with Crippen LogP contribution in [0.1, 0.15) is 20.3 Å². The summed E-state index contributed by atoms with van der Waals surface area (Å²) < 4.78 is 0.718. The largest absolute Gasteiger partial charge is 0.358 e. The predicted octanol–water partition coefficient (Wildman–Crippen LogP) is 2.41. The molecule has 0 saturated heterocycles. The lowest BCUT2D eigenvalue weighted by Crippen LogP contribution is -2.12. The Labute approximate surface area is 74.8 Å². The average molecular weight is 189 g/mol. The number of hydrogen-bond donors (Lipinski definition) is 2. The first-order chi connectivity index (χ1) is 5.22. The third-order valence-corrected chi connectivity index (χ3v) is 2.44. The highest BCUT2D eigenvalue weighted by molar-refractivity contribution is 7.73. The van der Waals surface area contributed by atoms with E-state index in [0.29, 0.717) is 6.04 Å². The average Bonchev–Trinajstić information content (AvgIpc) is 2.35. The molecule has 0 fully saturated rings. The number of aromatic nitrogens is 2. The SMILES string of the molecule is CC[C@H](C)Nc1n[nH]c(=S)s1. The second-order valence-corrected chi connectivity index (χ2v) is 4.04. The van der Waals surface area contributed by atoms with Gasteiger partial charge in [-0.15, -0.1) is 5.10 Å². The molecule has 0 amide bonds. The van der Waals surface area contributed by atoms with Gasteiger partial charge in [-0.25, -0.2) is 0 Å². The van der Waals surface area contributed by atoms with Gasteiger partial charge in [0.2, 0.25) is 5.13 Å². The highest BCUT2D eigenvalue weighted by Crippen LogP contribution is 2.12. The Morgan fingerprint density at radius 2 is 2.55 bits per heavy atom. The molecule has 1 rings (SSSR count). The minimum atomic E-state index is 0.462. The Morgan fingerprint density at radius 3 is 3.00 bits per heavy atom. The van der Waals surface area contributed by atoms with Gasteiger partial charge in [0.25, 0.3) is 0 Å². The summed E-state index contributed by atoms with van der Waals surface area (Å²) in [7, 11) is 0. The summed E-state index contributed by atoms with van der Waals surface area (Å²) in [6.45, 7) is 4.24. The van der Waals surface area contributed by atoms with E-state index >= 15 is 0 Å². The lowest BCUT2D eigenvalue weighted by Gasteiger charge is -2.07. The summed E-state index contributed by atoms with van der Waals surface area (Å²) in [5.41, 5.74) is 0. The van der Waals surface area contributed by atoms with Crippen molar-refractivity contribution in [2.45, 2.75) is 26.3 Å². The normalized spacial score (nSPS) is 12.9. The number of hydrogen-bond acceptors (Lipinski definition) is 4. The van der Waals surface area contributed by atoms with Crippen molar-refractivity contribution in [3.05, 3.63) is 3.95 Å². The van der Waals surface area contributed by atoms with Crippen molar-refractivity contribution >= 4 is 28.7 Å². The highest BCUT2D eigenvalue weighted by Gasteiger charge is 2.00. The maximum absolute atomic E-state index is 4.88. The van der Waals surface area contributed by atoms with Gasteiger partial charge in [0.1, 0.15) is 0 Å². The van der Waals surface area contributed by atoms with Gasteiger partial charge >= 0.3 is 0 Å². The van der Waals surface area contributed by atoms with Crippen molar-refractivity contribution in [1.29, 1.82) is 0 Å². The summed E-state index contributed by atoms with van der Waals surface area (Å²) in [5.74, 6) is 0. The summed E-state index contributed by atoms with van der Waals surface area (Å²) in [5, 5.41) is 10.8. The van der Waals surface area contributed by atoms with E-state index in [2.05, 4.69) is 29.4 Å². The fourth-order valence-corrected chi connectivity index (χ4v) is 1.51. The molecule has 5 heteroatoms. The minimum Gasteiger partial charge on any atom is -0.358 e. The van der Waals surface area contributed by atoms with Crippen LogP contribution in [0, 0.1) is 3.95 Å². The van der Waals surface area contributed by atoms with Crippen LogP contribution in [0.3, 0.4) is 0 Å². The Bertz CT molecular complexity index is 265. The molecule has 1 aromatic rings. The highest BCUT2D eigenvalue weighted by atomic mass is 32.1. The molecule has 0 radical (unpaired) electrons. The molecule has 1 aromatic heterocycles. The summed E-state index contributed by atoms with van der Waals surface area (Å²) in [6, 6.07) is 0.462. The Hall–Kier alpha value is -0.420. The molecule has 0 spiro atoms. The molecule has 0 saturated carbocycles. The maximum atomic E-state index is 4.88. The van der Waals surface area contributed by atoms with Crippen LogP contribution in [0.25, 0.3) is 0 Å². The quantitative estimate of drug-likeness (QED) is 0.717. The molecule has 62 valence electrons. The van der Waals surface area contributed by atoms with Crippen molar-refractivity contribution in [2.24, 2.45) is 0 Å². The molecule has 11 heavy (non-hydrogen) atoms. The zero-order valence-corrected chi connectivity index (χ0v) is 8.18. The van der Waals surface area contributed by atoms with Crippen LogP contribution in [0.2, 0.25) is 0 Å². The summed E-state index contributed by atoms with van der Waals surface area (Å²) in [4.78, 5) is 0. The molecular weight excluding hydrogens is 178 g/mol. The standard InChI is InChI=1S/C6H11N3S2/c1-3-4(2)7-5-8-9-6(10)11-5/h4H,3H2,1-2H3,(H,7,8)(H,9,10)/t4-/m0/s1. The first-order valence-corrected chi connectivity index (χ1v) is 4.77. The van der Waals surface area contributed by atoms with E-state index in [1.165, 1.54) is 11.3 Å². The van der Waals surface area contributed by atoms with Gasteiger partial charge in [-0.2, -0.15) is 0 Å². The first kappa shape index (κ1) is 8.67. The van der Waals surface area contributed by atoms with E-state index in [1.807, 2.05) is 0 Å². The second-order valence-electron chi connectivity index (χ2n) is 2.37. The van der Waals surface area contributed by atoms with Crippen LogP contribution in [-0.4, -0.2) is 16.2 Å². The fourth-order valence-electron chi connectivity index (χ4n) is 0.604. The molecule has 3 nitrogen and oxygen atoms in total. The molecule has 0 aliphatic heterocycles. The topological polar surface area (TPSA) is 40.7 Å². The molecule has 0 aliphatic carbocycles. The van der Waals surface area contributed by atoms with Crippen molar-refractivity contribution in [3.63, 3.8) is 0 Å². The zero-order valence-electron chi connectivity index (χ0n) is 6.55. The fraction of sp³-hybridized carbons (Fsp3) is 0.667. The molecule has 2 N–H and O–H groups in total. The predicted molar refractivity (Wildman–Crippen MR) is 50.7 cm³/mol. The van der Waals surface area contributed by atoms with Crippen LogP contribution in [-0.2, 0) is 0 Å². The molecule has 1 heterocycles. The van der Waals surface area contributed by atoms with Crippen molar-refractivity contribution in [1.82, 2.24) is 10.2 Å². The van der Waals surface area contributed by atoms with Gasteiger partial charge in [-0.1, -0.05) is 18.3 Å². The van der Waals surface area contributed by atoms with Crippen LogP contribution in [0.15, 0.2) is 0 Å². The molecule has 1 atom stereocenters. The third kappa shape index (κ3) is 2.59. The summed E-state index contributed by atoms with van der Waals surface area (Å²) >= 11 is 6.35. The van der Waals surface area contributed by atoms with Gasteiger partial charge in [0.05, 0.1) is 0 Å². The van der Waals surface area contributed by atoms with E-state index in [9.17, 15) is 0 Å². The van der Waals surface area contributed by atoms with E-state index in [1.54, 1.807) is 0 Å². The summed E-state index contributed by atoms with van der Waals surface area (Å²) in [6.07, 6.45) is 1.09. The van der Waals surface area contributed by atoms with E-state index in [-0.39, 0.29) is 0 Å². The smallest absolute Gasteiger partial charge is 0.204 e. The van der Waals surface area contributed by atoms with Crippen molar-refractivity contribution < 1.29 is 0 Å². The zero-order chi connectivity index (χ0) is 8.27. The number of nitrogens with zero attached hydrogens (tertiary/aromatic N) is 1. The minimum absolute atomic E-state index is 0.462. The van der Waals surface area contributed by atoms with Gasteiger partial charge in [-0.05, 0) is 25.6 Å². The van der Waals surface area contributed by atoms with Crippen LogP contribution < -0.4 is 5.32 Å². The van der Waals surface area contributed by atoms with Crippen LogP contribution in [0.4, 0.5) is 5.13 Å². The molecule has 0 aliphatic rings. The van der Waals surface area contributed by atoms with E-state index in [0.717, 1.165) is 15.5 Å². The molecule has 0 bridgehead atoms. The lowest BCUT2D eigenvalue weighted by molar-refractivity contribution is 0.760. The van der Waals surface area contributed by atoms with Gasteiger partial charge < -0.3 is 5.32 Å². The Kier molecular flexibility index (Phi) is 3.02. The van der Waals surface area contributed by atoms with E-state index < -0.39 is 0 Å². The number of anilines is 1. The lowest BCUT2D eigenvalue weighted by atomic mass is 10.3. The number of nitrogens with one attached hydrogen (secondary N) is 2. The van der Waals surface area contributed by atoms with Crippen LogP contribution in [0.5, 0.6) is 0 Å². The third-order valence-electron chi connectivity index (χ3n) is 1.42. The van der Waals surface area contributed by atoms with Crippen molar-refractivity contribution in [3.8, 4) is 0 Å². The molecule has 0 unspecified atom stereocenters. The molecular formula is C6H11N3S2. The van der Waals surface area contributed by atoms with Crippen LogP contribution >= 0.6 is 23.6 Å². The first-order valence-electron chi connectivity index (χ1n) is 3.54. The van der Waals surface area contributed by atoms with Gasteiger partial charge in [-0.3, -0.25) is 5.10 Å². The Balaban J connectivity index is 2.57. The number of H-pyrrole nitrogens is 1. The number of rotatable bonds is 3. The van der Waals surface area contributed by atoms with E-state index in [4.69, 9.17) is 12.2 Å². The second kappa shape index (κ2) is 3.82. The monoisotopic (exact) mass is 189 g/mol. The number of aromatic amines is 1.